The van der Waals surface area contributed by atoms with E-state index >= 15 is 0 Å². The van der Waals surface area contributed by atoms with E-state index in [0.717, 1.165) is 39.4 Å². The lowest BCUT2D eigenvalue weighted by molar-refractivity contribution is 0.806. The average Bonchev–Trinajstić information content (AvgIpc) is 2.46. The minimum absolute atomic E-state index is 0.352. The summed E-state index contributed by atoms with van der Waals surface area (Å²) in [7, 11) is 0. The Labute approximate surface area is 140 Å². The zero-order chi connectivity index (χ0) is 15.4. The van der Waals surface area contributed by atoms with Crippen molar-refractivity contribution >= 4 is 28.4 Å². The van der Waals surface area contributed by atoms with Crippen molar-refractivity contribution in [1.82, 2.24) is 15.0 Å². The number of anilines is 1. The molecule has 5 heteroatoms. The molecule has 0 spiro atoms. The molecule has 0 bridgehead atoms. The molecule has 112 valence electrons. The van der Waals surface area contributed by atoms with Crippen LogP contribution in [0.2, 0.25) is 0 Å². The summed E-state index contributed by atoms with van der Waals surface area (Å²) in [6.45, 7) is 9.34. The van der Waals surface area contributed by atoms with Gasteiger partial charge in [0.1, 0.15) is 11.5 Å². The van der Waals surface area contributed by atoms with Gasteiger partial charge in [0.05, 0.1) is 9.26 Å². The van der Waals surface area contributed by atoms with E-state index in [1.807, 2.05) is 25.1 Å². The highest BCUT2D eigenvalue weighted by atomic mass is 127. The van der Waals surface area contributed by atoms with Gasteiger partial charge in [0.25, 0.3) is 0 Å². The maximum absolute atomic E-state index is 4.73. The fourth-order valence-corrected chi connectivity index (χ4v) is 3.04. The number of nitrogens with zero attached hydrogens (tertiary/aromatic N) is 3. The second-order valence-electron chi connectivity index (χ2n) is 5.34. The highest BCUT2D eigenvalue weighted by molar-refractivity contribution is 14.1. The lowest BCUT2D eigenvalue weighted by Crippen LogP contribution is -2.10. The minimum Gasteiger partial charge on any atom is -0.369 e. The first-order chi connectivity index (χ1) is 10.0. The number of nitrogens with one attached hydrogen (secondary N) is 1. The molecular weight excluding hydrogens is 375 g/mol. The zero-order valence-electron chi connectivity index (χ0n) is 12.9. The molecule has 1 N–H and O–H groups in total. The topological polar surface area (TPSA) is 50.7 Å². The third kappa shape index (κ3) is 3.90. The number of hydrogen-bond acceptors (Lipinski definition) is 4. The molecule has 0 aromatic carbocycles. The van der Waals surface area contributed by atoms with Crippen LogP contribution >= 0.6 is 22.6 Å². The number of hydrogen-bond donors (Lipinski definition) is 1. The van der Waals surface area contributed by atoms with Crippen LogP contribution in [-0.2, 0) is 0 Å². The van der Waals surface area contributed by atoms with E-state index in [-0.39, 0.29) is 0 Å². The Kier molecular flexibility index (Phi) is 5.50. The summed E-state index contributed by atoms with van der Waals surface area (Å²) in [5.41, 5.74) is 2.87. The van der Waals surface area contributed by atoms with Gasteiger partial charge in [-0.05, 0) is 54.0 Å². The number of aryl methyl sites for hydroxylation is 1. The maximum atomic E-state index is 4.73. The first kappa shape index (κ1) is 16.1. The van der Waals surface area contributed by atoms with Crippen molar-refractivity contribution in [2.45, 2.75) is 40.0 Å². The van der Waals surface area contributed by atoms with Crippen LogP contribution in [0.15, 0.2) is 18.2 Å². The second kappa shape index (κ2) is 7.15. The second-order valence-corrected chi connectivity index (χ2v) is 6.42. The number of halogens is 1. The van der Waals surface area contributed by atoms with Crippen molar-refractivity contribution in [2.24, 2.45) is 0 Å². The van der Waals surface area contributed by atoms with Gasteiger partial charge in [-0.1, -0.05) is 26.8 Å². The van der Waals surface area contributed by atoms with Gasteiger partial charge in [-0.15, -0.1) is 0 Å². The van der Waals surface area contributed by atoms with E-state index in [4.69, 9.17) is 4.98 Å². The summed E-state index contributed by atoms with van der Waals surface area (Å²) in [5, 5.41) is 3.40. The third-order valence-corrected chi connectivity index (χ3v) is 4.15. The first-order valence-electron chi connectivity index (χ1n) is 7.28. The Morgan fingerprint density at radius 3 is 2.57 bits per heavy atom. The van der Waals surface area contributed by atoms with Crippen molar-refractivity contribution in [3.63, 3.8) is 0 Å². The van der Waals surface area contributed by atoms with E-state index in [2.05, 4.69) is 58.6 Å². The van der Waals surface area contributed by atoms with E-state index in [1.54, 1.807) is 0 Å². The van der Waals surface area contributed by atoms with Gasteiger partial charge >= 0.3 is 0 Å². The average molecular weight is 396 g/mol. The highest BCUT2D eigenvalue weighted by Crippen LogP contribution is 2.27. The molecular formula is C16H21IN4. The van der Waals surface area contributed by atoms with E-state index < -0.39 is 0 Å². The van der Waals surface area contributed by atoms with Crippen molar-refractivity contribution in [1.29, 1.82) is 0 Å². The lowest BCUT2D eigenvalue weighted by atomic mass is 10.1. The van der Waals surface area contributed by atoms with Gasteiger partial charge < -0.3 is 5.32 Å². The minimum atomic E-state index is 0.352. The molecule has 0 fully saturated rings. The van der Waals surface area contributed by atoms with Crippen LogP contribution in [0, 0.1) is 10.5 Å². The third-order valence-electron chi connectivity index (χ3n) is 3.08. The first-order valence-corrected chi connectivity index (χ1v) is 8.36. The smallest absolute Gasteiger partial charge is 0.180 e. The fraction of sp³-hybridized carbons (Fsp3) is 0.438. The van der Waals surface area contributed by atoms with Crippen molar-refractivity contribution in [2.75, 3.05) is 11.9 Å². The van der Waals surface area contributed by atoms with Crippen LogP contribution < -0.4 is 5.32 Å². The van der Waals surface area contributed by atoms with E-state index in [0.29, 0.717) is 11.7 Å². The summed E-state index contributed by atoms with van der Waals surface area (Å²) in [4.78, 5) is 13.9. The summed E-state index contributed by atoms with van der Waals surface area (Å²) >= 11 is 2.33. The van der Waals surface area contributed by atoms with Crippen molar-refractivity contribution < 1.29 is 0 Å². The molecule has 0 aliphatic rings. The van der Waals surface area contributed by atoms with E-state index in [9.17, 15) is 0 Å². The summed E-state index contributed by atoms with van der Waals surface area (Å²) in [5.74, 6) is 1.96. The SMILES string of the molecule is CCCNc1nc(-c2cccc(C)n2)nc(C(C)C)c1I. The Morgan fingerprint density at radius 2 is 1.95 bits per heavy atom. The highest BCUT2D eigenvalue weighted by Gasteiger charge is 2.16. The zero-order valence-corrected chi connectivity index (χ0v) is 15.1. The van der Waals surface area contributed by atoms with Crippen molar-refractivity contribution in [3.05, 3.63) is 33.2 Å². The van der Waals surface area contributed by atoms with E-state index in [1.165, 1.54) is 0 Å². The fourth-order valence-electron chi connectivity index (χ4n) is 1.99. The van der Waals surface area contributed by atoms with Crippen molar-refractivity contribution in [3.8, 4) is 11.5 Å². The molecule has 21 heavy (non-hydrogen) atoms. The largest absolute Gasteiger partial charge is 0.369 e. The molecule has 2 rings (SSSR count). The number of rotatable bonds is 5. The standard InChI is InChI=1S/C16H21IN4/c1-5-9-18-16-13(17)14(10(2)3)20-15(21-16)12-8-6-7-11(4)19-12/h6-8,10H,5,9H2,1-4H3,(H,18,20,21). The molecule has 0 aliphatic carbocycles. The molecule has 4 nitrogen and oxygen atoms in total. The summed E-state index contributed by atoms with van der Waals surface area (Å²) < 4.78 is 1.10. The Hall–Kier alpha value is -1.24. The lowest BCUT2D eigenvalue weighted by Gasteiger charge is -2.14. The molecule has 2 aromatic rings. The van der Waals surface area contributed by atoms with Crippen LogP contribution in [-0.4, -0.2) is 21.5 Å². The normalized spacial score (nSPS) is 11.0. The molecule has 0 saturated heterocycles. The Morgan fingerprint density at radius 1 is 1.19 bits per heavy atom. The molecule has 0 radical (unpaired) electrons. The van der Waals surface area contributed by atoms with Gasteiger partial charge in [-0.3, -0.25) is 0 Å². The summed E-state index contributed by atoms with van der Waals surface area (Å²) in [6, 6.07) is 5.94. The number of pyridine rings is 1. The molecule has 0 atom stereocenters. The quantitative estimate of drug-likeness (QED) is 0.762. The van der Waals surface area contributed by atoms with Gasteiger partial charge in [-0.25, -0.2) is 15.0 Å². The molecule has 0 saturated carbocycles. The van der Waals surface area contributed by atoms with Crippen LogP contribution in [0.25, 0.3) is 11.5 Å². The molecule has 0 amide bonds. The molecule has 0 unspecified atom stereocenters. The van der Waals surface area contributed by atoms with Gasteiger partial charge in [0.15, 0.2) is 5.82 Å². The van der Waals surface area contributed by atoms with Crippen LogP contribution in [0.5, 0.6) is 0 Å². The molecule has 2 aromatic heterocycles. The monoisotopic (exact) mass is 396 g/mol. The Bertz CT molecular complexity index is 626. The van der Waals surface area contributed by atoms with Gasteiger partial charge in [0, 0.05) is 12.2 Å². The van der Waals surface area contributed by atoms with Gasteiger partial charge in [0.2, 0.25) is 0 Å². The Balaban J connectivity index is 2.53. The van der Waals surface area contributed by atoms with Crippen LogP contribution in [0.4, 0.5) is 5.82 Å². The van der Waals surface area contributed by atoms with Crippen LogP contribution in [0.1, 0.15) is 44.5 Å². The van der Waals surface area contributed by atoms with Crippen LogP contribution in [0.3, 0.4) is 0 Å². The summed E-state index contributed by atoms with van der Waals surface area (Å²) in [6.07, 6.45) is 1.06. The molecule has 0 aliphatic heterocycles. The predicted octanol–water partition coefficient (Wildman–Crippen LogP) is 4.40. The van der Waals surface area contributed by atoms with Gasteiger partial charge in [-0.2, -0.15) is 0 Å². The molecule has 2 heterocycles. The number of aromatic nitrogens is 3. The predicted molar refractivity (Wildman–Crippen MR) is 95.6 cm³/mol. The maximum Gasteiger partial charge on any atom is 0.180 e.